The Morgan fingerprint density at radius 2 is 1.95 bits per heavy atom. The third-order valence-corrected chi connectivity index (χ3v) is 3.46. The van der Waals surface area contributed by atoms with Crippen molar-refractivity contribution in [2.45, 2.75) is 32.6 Å². The van der Waals surface area contributed by atoms with Crippen LogP contribution in [0.4, 0.5) is 0 Å². The molecule has 0 saturated heterocycles. The number of aromatic nitrogens is 1. The van der Waals surface area contributed by atoms with Crippen molar-refractivity contribution < 1.29 is 0 Å². The molecule has 0 radical (unpaired) electrons. The summed E-state index contributed by atoms with van der Waals surface area (Å²) in [5.41, 5.74) is 1.06. The minimum atomic E-state index is 1.06. The lowest BCUT2D eigenvalue weighted by Crippen LogP contribution is -2.15. The number of fused-ring (bicyclic) bond motifs is 1. The molecule has 1 aromatic carbocycles. The summed E-state index contributed by atoms with van der Waals surface area (Å²) < 4.78 is 0. The predicted octanol–water partition coefficient (Wildman–Crippen LogP) is 4.63. The largest absolute Gasteiger partial charge is 0.377 e. The first kappa shape index (κ1) is 14.6. The topological polar surface area (TPSA) is 16.1 Å². The summed E-state index contributed by atoms with van der Waals surface area (Å²) in [6.07, 6.45) is 11.6. The summed E-state index contributed by atoms with van der Waals surface area (Å²) in [7, 11) is 0. The van der Waals surface area contributed by atoms with E-state index in [1.807, 2.05) is 30.5 Å². The van der Waals surface area contributed by atoms with Gasteiger partial charge < -0.3 is 4.90 Å². The van der Waals surface area contributed by atoms with E-state index in [0.717, 1.165) is 5.52 Å². The van der Waals surface area contributed by atoms with E-state index in [-0.39, 0.29) is 0 Å². The molecule has 1 aliphatic heterocycles. The van der Waals surface area contributed by atoms with E-state index < -0.39 is 0 Å². The Labute approximate surface area is 122 Å². The van der Waals surface area contributed by atoms with Gasteiger partial charge in [0.15, 0.2) is 0 Å². The Hall–Kier alpha value is -1.83. The average Bonchev–Trinajstić information content (AvgIpc) is 3.02. The lowest BCUT2D eigenvalue weighted by Gasteiger charge is -2.13. The highest BCUT2D eigenvalue weighted by Gasteiger charge is 2.01. The van der Waals surface area contributed by atoms with E-state index in [1.165, 1.54) is 44.2 Å². The van der Waals surface area contributed by atoms with Crippen molar-refractivity contribution in [3.8, 4) is 0 Å². The lowest BCUT2D eigenvalue weighted by molar-refractivity contribution is 0.392. The first-order valence-corrected chi connectivity index (χ1v) is 7.60. The molecule has 2 aromatic rings. The average molecular weight is 268 g/mol. The summed E-state index contributed by atoms with van der Waals surface area (Å²) >= 11 is 0. The van der Waals surface area contributed by atoms with Crippen molar-refractivity contribution in [2.75, 3.05) is 13.1 Å². The van der Waals surface area contributed by atoms with Crippen LogP contribution in [0.5, 0.6) is 0 Å². The van der Waals surface area contributed by atoms with Crippen molar-refractivity contribution in [3.05, 3.63) is 54.9 Å². The summed E-state index contributed by atoms with van der Waals surface area (Å²) in [5.74, 6) is 0. The maximum atomic E-state index is 4.18. The summed E-state index contributed by atoms with van der Waals surface area (Å²) in [6.45, 7) is 4.77. The minimum absolute atomic E-state index is 1.06. The van der Waals surface area contributed by atoms with Crippen molar-refractivity contribution in [1.29, 1.82) is 0 Å². The number of para-hydroxylation sites is 1. The van der Waals surface area contributed by atoms with Crippen LogP contribution in [0.25, 0.3) is 10.9 Å². The van der Waals surface area contributed by atoms with Gasteiger partial charge in [0.05, 0.1) is 5.52 Å². The molecule has 0 amide bonds. The first-order valence-electron chi connectivity index (χ1n) is 7.60. The van der Waals surface area contributed by atoms with Crippen LogP contribution in [-0.4, -0.2) is 23.0 Å². The fourth-order valence-corrected chi connectivity index (χ4v) is 2.31. The van der Waals surface area contributed by atoms with Gasteiger partial charge in [0.1, 0.15) is 0 Å². The van der Waals surface area contributed by atoms with Crippen LogP contribution in [0.1, 0.15) is 32.6 Å². The van der Waals surface area contributed by atoms with E-state index >= 15 is 0 Å². The molecule has 0 saturated carbocycles. The second-order valence-electron chi connectivity index (χ2n) is 5.11. The third kappa shape index (κ3) is 4.69. The molecule has 2 nitrogen and oxygen atoms in total. The number of unbranched alkanes of at least 4 members (excludes halogenated alkanes) is 2. The molecule has 20 heavy (non-hydrogen) atoms. The second-order valence-corrected chi connectivity index (χ2v) is 5.11. The highest BCUT2D eigenvalue weighted by molar-refractivity contribution is 5.77. The quantitative estimate of drug-likeness (QED) is 0.751. The molecule has 0 bridgehead atoms. The molecule has 0 N–H and O–H groups in total. The molecule has 0 unspecified atom stereocenters. The molecule has 1 aliphatic rings. The van der Waals surface area contributed by atoms with Crippen LogP contribution in [0, 0.1) is 0 Å². The van der Waals surface area contributed by atoms with E-state index in [4.69, 9.17) is 0 Å². The van der Waals surface area contributed by atoms with Gasteiger partial charge in [-0.25, -0.2) is 0 Å². The summed E-state index contributed by atoms with van der Waals surface area (Å²) in [5, 5.41) is 1.20. The SMILES string of the molecule is CCCCCN1C=CCC1.c1ccc2ncccc2c1. The van der Waals surface area contributed by atoms with Gasteiger partial charge in [-0.2, -0.15) is 0 Å². The lowest BCUT2D eigenvalue weighted by atomic mass is 10.2. The maximum Gasteiger partial charge on any atom is 0.0701 e. The van der Waals surface area contributed by atoms with E-state index in [0.29, 0.717) is 0 Å². The molecule has 2 heterocycles. The van der Waals surface area contributed by atoms with Crippen LogP contribution >= 0.6 is 0 Å². The molecule has 0 aliphatic carbocycles. The molecule has 106 valence electrons. The van der Waals surface area contributed by atoms with Crippen LogP contribution in [-0.2, 0) is 0 Å². The Morgan fingerprint density at radius 1 is 1.10 bits per heavy atom. The van der Waals surface area contributed by atoms with Gasteiger partial charge in [0.25, 0.3) is 0 Å². The molecule has 2 heteroatoms. The van der Waals surface area contributed by atoms with E-state index in [2.05, 4.69) is 41.2 Å². The molecule has 0 spiro atoms. The van der Waals surface area contributed by atoms with Crippen LogP contribution in [0.15, 0.2) is 54.9 Å². The molecule has 1 aromatic heterocycles. The monoisotopic (exact) mass is 268 g/mol. The van der Waals surface area contributed by atoms with Gasteiger partial charge in [-0.3, -0.25) is 4.98 Å². The normalized spacial score (nSPS) is 13.3. The van der Waals surface area contributed by atoms with Gasteiger partial charge in [0, 0.05) is 24.7 Å². The van der Waals surface area contributed by atoms with Crippen molar-refractivity contribution in [2.24, 2.45) is 0 Å². The Balaban J connectivity index is 0.000000147. The second kappa shape index (κ2) is 8.36. The molecule has 0 fully saturated rings. The highest BCUT2D eigenvalue weighted by Crippen LogP contribution is 2.08. The zero-order valence-corrected chi connectivity index (χ0v) is 12.3. The van der Waals surface area contributed by atoms with Gasteiger partial charge in [-0.05, 0) is 31.2 Å². The fourth-order valence-electron chi connectivity index (χ4n) is 2.31. The van der Waals surface area contributed by atoms with Crippen molar-refractivity contribution in [1.82, 2.24) is 9.88 Å². The van der Waals surface area contributed by atoms with Gasteiger partial charge in [-0.1, -0.05) is 50.1 Å². The Bertz CT molecular complexity index is 468. The van der Waals surface area contributed by atoms with Gasteiger partial charge in [0.2, 0.25) is 0 Å². The van der Waals surface area contributed by atoms with Crippen LogP contribution in [0.3, 0.4) is 0 Å². The van der Waals surface area contributed by atoms with Crippen LogP contribution in [0.2, 0.25) is 0 Å². The van der Waals surface area contributed by atoms with Crippen molar-refractivity contribution in [3.63, 3.8) is 0 Å². The fraction of sp³-hybridized carbons (Fsp3) is 0.389. The number of benzene rings is 1. The molecular formula is C18H24N2. The summed E-state index contributed by atoms with van der Waals surface area (Å²) in [4.78, 5) is 6.59. The molecule has 0 atom stereocenters. The predicted molar refractivity (Wildman–Crippen MR) is 86.6 cm³/mol. The third-order valence-electron chi connectivity index (χ3n) is 3.46. The van der Waals surface area contributed by atoms with E-state index in [1.54, 1.807) is 0 Å². The Kier molecular flexibility index (Phi) is 6.09. The Morgan fingerprint density at radius 3 is 2.70 bits per heavy atom. The highest BCUT2D eigenvalue weighted by atomic mass is 15.1. The number of rotatable bonds is 4. The van der Waals surface area contributed by atoms with Crippen molar-refractivity contribution >= 4 is 10.9 Å². The number of nitrogens with zero attached hydrogens (tertiary/aromatic N) is 2. The zero-order valence-electron chi connectivity index (χ0n) is 12.3. The summed E-state index contributed by atoms with van der Waals surface area (Å²) in [6, 6.07) is 12.1. The van der Waals surface area contributed by atoms with Crippen LogP contribution < -0.4 is 0 Å². The standard InChI is InChI=1S/C9H7N.C9H17N/c1-2-6-9-8(4-1)5-3-7-10-9;1-2-3-4-7-10-8-5-6-9-10/h1-7H;5,8H,2-4,6-7,9H2,1H3. The number of pyridine rings is 1. The number of hydrogen-bond acceptors (Lipinski definition) is 2. The zero-order chi connectivity index (χ0) is 14.0. The maximum absolute atomic E-state index is 4.18. The van der Waals surface area contributed by atoms with Gasteiger partial charge in [-0.15, -0.1) is 0 Å². The van der Waals surface area contributed by atoms with Gasteiger partial charge >= 0.3 is 0 Å². The number of hydrogen-bond donors (Lipinski definition) is 0. The molecular weight excluding hydrogens is 244 g/mol. The smallest absolute Gasteiger partial charge is 0.0701 e. The molecule has 3 rings (SSSR count). The minimum Gasteiger partial charge on any atom is -0.377 e. The first-order chi connectivity index (χ1) is 9.90. The van der Waals surface area contributed by atoms with E-state index in [9.17, 15) is 0 Å².